The molecule has 1 saturated carbocycles. The topological polar surface area (TPSA) is 0 Å². The van der Waals surface area contributed by atoms with Gasteiger partial charge in [0, 0.05) is 20.3 Å². The summed E-state index contributed by atoms with van der Waals surface area (Å²) in [5, 5.41) is 1.49. The van der Waals surface area contributed by atoms with Crippen molar-refractivity contribution in [3.05, 3.63) is 60.7 Å². The van der Waals surface area contributed by atoms with Gasteiger partial charge in [0.05, 0.1) is 0 Å². The molecule has 2 aromatic rings. The van der Waals surface area contributed by atoms with Crippen molar-refractivity contribution in [3.8, 4) is 0 Å². The zero-order valence-electron chi connectivity index (χ0n) is 11.6. The van der Waals surface area contributed by atoms with E-state index in [1.165, 1.54) is 35.5 Å². The Bertz CT molecular complexity index is 460. The fourth-order valence-electron chi connectivity index (χ4n) is 2.68. The minimum atomic E-state index is 0.747. The van der Waals surface area contributed by atoms with Gasteiger partial charge in [0.25, 0.3) is 0 Å². The summed E-state index contributed by atoms with van der Waals surface area (Å²) in [5.41, 5.74) is 0. The lowest BCUT2D eigenvalue weighted by atomic mass is 10.00. The molecule has 2 atom stereocenters. The lowest BCUT2D eigenvalue weighted by molar-refractivity contribution is 0.527. The van der Waals surface area contributed by atoms with E-state index in [0.29, 0.717) is 0 Å². The van der Waals surface area contributed by atoms with E-state index in [-0.39, 0.29) is 0 Å². The van der Waals surface area contributed by atoms with Crippen molar-refractivity contribution in [2.75, 3.05) is 0 Å². The van der Waals surface area contributed by atoms with Crippen LogP contribution in [0.3, 0.4) is 0 Å². The van der Waals surface area contributed by atoms with E-state index in [1.807, 2.05) is 0 Å². The molecule has 0 spiro atoms. The Balaban J connectivity index is 1.68. The quantitative estimate of drug-likeness (QED) is 0.691. The Labute approximate surface area is 130 Å². The molecule has 0 radical (unpaired) electrons. The van der Waals surface area contributed by atoms with Crippen LogP contribution in [-0.2, 0) is 0 Å². The van der Waals surface area contributed by atoms with Crippen molar-refractivity contribution in [1.82, 2.24) is 0 Å². The molecule has 0 unspecified atom stereocenters. The highest BCUT2D eigenvalue weighted by Gasteiger charge is 2.26. The van der Waals surface area contributed by atoms with Crippen molar-refractivity contribution in [1.29, 1.82) is 0 Å². The summed E-state index contributed by atoms with van der Waals surface area (Å²) in [6, 6.07) is 21.7. The second kappa shape index (κ2) is 7.24. The molecule has 0 saturated heterocycles. The number of hydrogen-bond acceptors (Lipinski definition) is 2. The van der Waals surface area contributed by atoms with Crippen LogP contribution >= 0.6 is 23.5 Å². The molecule has 0 bridgehead atoms. The predicted octanol–water partition coefficient (Wildman–Crippen LogP) is 5.88. The number of benzene rings is 2. The van der Waals surface area contributed by atoms with Crippen molar-refractivity contribution in [2.45, 2.75) is 46.0 Å². The Kier molecular flexibility index (Phi) is 5.10. The number of rotatable bonds is 4. The molecule has 104 valence electrons. The predicted molar refractivity (Wildman–Crippen MR) is 90.6 cm³/mol. The molecule has 2 heteroatoms. The molecular weight excluding hydrogens is 280 g/mol. The molecule has 1 fully saturated rings. The molecular formula is C18H20S2. The summed E-state index contributed by atoms with van der Waals surface area (Å²) >= 11 is 4.14. The van der Waals surface area contributed by atoms with Crippen molar-refractivity contribution in [3.63, 3.8) is 0 Å². The average molecular weight is 300 g/mol. The minimum absolute atomic E-state index is 0.747. The van der Waals surface area contributed by atoms with Crippen LogP contribution in [0, 0.1) is 0 Å². The molecule has 3 rings (SSSR count). The van der Waals surface area contributed by atoms with Gasteiger partial charge in [0.15, 0.2) is 0 Å². The van der Waals surface area contributed by atoms with E-state index in [0.717, 1.165) is 10.5 Å². The summed E-state index contributed by atoms with van der Waals surface area (Å²) < 4.78 is 0. The number of hydrogen-bond donors (Lipinski definition) is 0. The van der Waals surface area contributed by atoms with Gasteiger partial charge in [-0.05, 0) is 37.1 Å². The summed E-state index contributed by atoms with van der Waals surface area (Å²) in [4.78, 5) is 2.83. The van der Waals surface area contributed by atoms with E-state index in [9.17, 15) is 0 Å². The van der Waals surface area contributed by atoms with Crippen molar-refractivity contribution >= 4 is 23.5 Å². The lowest BCUT2D eigenvalue weighted by Crippen LogP contribution is -2.24. The maximum atomic E-state index is 2.24. The van der Waals surface area contributed by atoms with E-state index in [1.54, 1.807) is 0 Å². The molecule has 0 aromatic heterocycles. The van der Waals surface area contributed by atoms with Gasteiger partial charge in [-0.1, -0.05) is 49.2 Å². The van der Waals surface area contributed by atoms with E-state index >= 15 is 0 Å². The van der Waals surface area contributed by atoms with Gasteiger partial charge < -0.3 is 0 Å². The highest BCUT2D eigenvalue weighted by atomic mass is 32.2. The third-order valence-electron chi connectivity index (χ3n) is 3.70. The van der Waals surface area contributed by atoms with Gasteiger partial charge in [0.2, 0.25) is 0 Å². The number of thioether (sulfide) groups is 2. The summed E-state index contributed by atoms with van der Waals surface area (Å²) in [5.74, 6) is 0. The smallest absolute Gasteiger partial charge is 0.0217 e. The van der Waals surface area contributed by atoms with Crippen LogP contribution in [0.25, 0.3) is 0 Å². The highest BCUT2D eigenvalue weighted by molar-refractivity contribution is 8.03. The third kappa shape index (κ3) is 3.83. The first kappa shape index (κ1) is 14.1. The molecule has 2 aromatic carbocycles. The van der Waals surface area contributed by atoms with Crippen LogP contribution in [0.1, 0.15) is 25.7 Å². The van der Waals surface area contributed by atoms with Gasteiger partial charge in [-0.3, -0.25) is 0 Å². The van der Waals surface area contributed by atoms with Crippen molar-refractivity contribution < 1.29 is 0 Å². The van der Waals surface area contributed by atoms with Gasteiger partial charge in [-0.25, -0.2) is 0 Å². The molecule has 0 amide bonds. The van der Waals surface area contributed by atoms with E-state index < -0.39 is 0 Å². The Hall–Kier alpha value is -0.860. The summed E-state index contributed by atoms with van der Waals surface area (Å²) in [7, 11) is 0. The Morgan fingerprint density at radius 3 is 1.40 bits per heavy atom. The SMILES string of the molecule is c1ccc(S[C@@H]2CCCC[C@H]2Sc2ccccc2)cc1. The van der Waals surface area contributed by atoms with Crippen LogP contribution in [0.5, 0.6) is 0 Å². The average Bonchev–Trinajstić information content (AvgIpc) is 2.51. The second-order valence-corrected chi connectivity index (χ2v) is 7.85. The fourth-order valence-corrected chi connectivity index (χ4v) is 5.49. The molecule has 0 heterocycles. The fraction of sp³-hybridized carbons (Fsp3) is 0.333. The molecule has 0 N–H and O–H groups in total. The lowest BCUT2D eigenvalue weighted by Gasteiger charge is -2.30. The van der Waals surface area contributed by atoms with Gasteiger partial charge in [0.1, 0.15) is 0 Å². The van der Waals surface area contributed by atoms with Gasteiger partial charge >= 0.3 is 0 Å². The second-order valence-electron chi connectivity index (χ2n) is 5.22. The molecule has 20 heavy (non-hydrogen) atoms. The maximum Gasteiger partial charge on any atom is 0.0217 e. The molecule has 1 aliphatic carbocycles. The zero-order valence-corrected chi connectivity index (χ0v) is 13.2. The molecule has 0 aliphatic heterocycles. The maximum absolute atomic E-state index is 2.24. The van der Waals surface area contributed by atoms with Crippen LogP contribution in [0.2, 0.25) is 0 Å². The summed E-state index contributed by atoms with van der Waals surface area (Å²) in [6.45, 7) is 0. The largest absolute Gasteiger partial charge is 0.122 e. The Morgan fingerprint density at radius 1 is 0.600 bits per heavy atom. The van der Waals surface area contributed by atoms with Gasteiger partial charge in [-0.15, -0.1) is 23.5 Å². The standard InChI is InChI=1S/C18H20S2/c1-3-9-15(10-4-1)19-17-13-7-8-14-18(17)20-16-11-5-2-6-12-16/h1-6,9-12,17-18H,7-8,13-14H2/t17-,18-/m1/s1. The highest BCUT2D eigenvalue weighted by Crippen LogP contribution is 2.41. The summed E-state index contributed by atoms with van der Waals surface area (Å²) in [6.07, 6.45) is 5.47. The van der Waals surface area contributed by atoms with E-state index in [4.69, 9.17) is 0 Å². The monoisotopic (exact) mass is 300 g/mol. The van der Waals surface area contributed by atoms with Crippen LogP contribution in [0.15, 0.2) is 70.5 Å². The first-order valence-corrected chi connectivity index (χ1v) is 9.11. The zero-order chi connectivity index (χ0) is 13.6. The molecule has 0 nitrogen and oxygen atoms in total. The first-order chi connectivity index (χ1) is 9.92. The van der Waals surface area contributed by atoms with Gasteiger partial charge in [-0.2, -0.15) is 0 Å². The van der Waals surface area contributed by atoms with Crippen LogP contribution in [0.4, 0.5) is 0 Å². The van der Waals surface area contributed by atoms with Crippen LogP contribution < -0.4 is 0 Å². The Morgan fingerprint density at radius 2 is 1.00 bits per heavy atom. The normalized spacial score (nSPS) is 22.6. The van der Waals surface area contributed by atoms with Crippen molar-refractivity contribution in [2.24, 2.45) is 0 Å². The minimum Gasteiger partial charge on any atom is -0.122 e. The molecule has 1 aliphatic rings. The third-order valence-corrected chi connectivity index (χ3v) is 6.70. The van der Waals surface area contributed by atoms with Crippen LogP contribution in [-0.4, -0.2) is 10.5 Å². The van der Waals surface area contributed by atoms with E-state index in [2.05, 4.69) is 84.2 Å². The first-order valence-electron chi connectivity index (χ1n) is 7.35.